The van der Waals surface area contributed by atoms with E-state index in [0.717, 1.165) is 18.5 Å². The minimum atomic E-state index is -0.539. The summed E-state index contributed by atoms with van der Waals surface area (Å²) in [6, 6.07) is 1.84. The quantitative estimate of drug-likeness (QED) is 0.668. The van der Waals surface area contributed by atoms with Crippen molar-refractivity contribution in [3.63, 3.8) is 0 Å². The number of nitrogens with one attached hydrogen (secondary N) is 2. The van der Waals surface area contributed by atoms with E-state index in [-0.39, 0.29) is 30.2 Å². The van der Waals surface area contributed by atoms with E-state index in [9.17, 15) is 9.59 Å². The summed E-state index contributed by atoms with van der Waals surface area (Å²) >= 11 is 0. The Morgan fingerprint density at radius 3 is 2.89 bits per heavy atom. The highest BCUT2D eigenvalue weighted by Crippen LogP contribution is 2.35. The van der Waals surface area contributed by atoms with Gasteiger partial charge in [0.25, 0.3) is 5.91 Å². The highest BCUT2D eigenvalue weighted by molar-refractivity contribution is 5.90. The molecular weight excluding hydrogens is 248 g/mol. The predicted molar refractivity (Wildman–Crippen MR) is 67.5 cm³/mol. The van der Waals surface area contributed by atoms with Crippen LogP contribution in [0.3, 0.4) is 0 Å². The lowest BCUT2D eigenvalue weighted by molar-refractivity contribution is -0.126. The van der Waals surface area contributed by atoms with E-state index in [0.29, 0.717) is 6.61 Å². The van der Waals surface area contributed by atoms with Crippen LogP contribution in [0.5, 0.6) is 0 Å². The van der Waals surface area contributed by atoms with Crippen LogP contribution in [0.25, 0.3) is 0 Å². The first-order valence-corrected chi connectivity index (χ1v) is 6.32. The van der Waals surface area contributed by atoms with E-state index in [2.05, 4.69) is 15.5 Å². The number of aromatic nitrogens is 2. The molecule has 1 aromatic heterocycles. The van der Waals surface area contributed by atoms with Crippen molar-refractivity contribution in [1.29, 1.82) is 0 Å². The van der Waals surface area contributed by atoms with Crippen LogP contribution in [0.2, 0.25) is 0 Å². The van der Waals surface area contributed by atoms with Gasteiger partial charge in [-0.1, -0.05) is 0 Å². The van der Waals surface area contributed by atoms with Crippen LogP contribution >= 0.6 is 0 Å². The average molecular weight is 266 g/mol. The van der Waals surface area contributed by atoms with Crippen LogP contribution in [0.1, 0.15) is 41.9 Å². The van der Waals surface area contributed by atoms with Gasteiger partial charge in [-0.25, -0.2) is 0 Å². The average Bonchev–Trinajstić information content (AvgIpc) is 2.79. The lowest BCUT2D eigenvalue weighted by Gasteiger charge is -2.35. The number of ether oxygens (including phenoxy) is 1. The molecule has 1 saturated carbocycles. The molecule has 0 saturated heterocycles. The molecule has 0 spiro atoms. The van der Waals surface area contributed by atoms with Gasteiger partial charge < -0.3 is 15.8 Å². The molecule has 0 radical (unpaired) electrons. The maximum Gasteiger partial charge on any atom is 0.269 e. The molecule has 104 valence electrons. The predicted octanol–water partition coefficient (Wildman–Crippen LogP) is -0.0927. The summed E-state index contributed by atoms with van der Waals surface area (Å²) in [6.07, 6.45) is 1.66. The third-order valence-electron chi connectivity index (χ3n) is 3.23. The highest BCUT2D eigenvalue weighted by atomic mass is 16.5. The molecule has 1 fully saturated rings. The summed E-state index contributed by atoms with van der Waals surface area (Å²) in [5, 5.41) is 9.54. The summed E-state index contributed by atoms with van der Waals surface area (Å²) in [4.78, 5) is 22.3. The van der Waals surface area contributed by atoms with Crippen LogP contribution in [0, 0.1) is 0 Å². The van der Waals surface area contributed by atoms with Crippen molar-refractivity contribution in [2.45, 2.75) is 31.7 Å². The molecule has 0 aromatic carbocycles. The Labute approximate surface area is 110 Å². The van der Waals surface area contributed by atoms with E-state index in [1.165, 1.54) is 0 Å². The number of carbonyl (C=O) groups excluding carboxylic acids is 2. The number of nitrogens with zero attached hydrogens (tertiary/aromatic N) is 1. The van der Waals surface area contributed by atoms with Gasteiger partial charge in [0.1, 0.15) is 12.3 Å². The van der Waals surface area contributed by atoms with Gasteiger partial charge in [0.15, 0.2) is 0 Å². The molecule has 0 aliphatic heterocycles. The molecule has 0 atom stereocenters. The van der Waals surface area contributed by atoms with Crippen molar-refractivity contribution in [2.75, 3.05) is 13.2 Å². The van der Waals surface area contributed by atoms with Gasteiger partial charge in [-0.2, -0.15) is 5.10 Å². The standard InChI is InChI=1S/C12H18N4O3/c1-2-19-6-11(17)14-8-3-7(4-8)9-5-10(12(13)18)16-15-9/h5,7-8H,2-4,6H2,1H3,(H2,13,18)(H,14,17)(H,15,16). The second-order valence-corrected chi connectivity index (χ2v) is 4.64. The van der Waals surface area contributed by atoms with Gasteiger partial charge >= 0.3 is 0 Å². The fourth-order valence-corrected chi connectivity index (χ4v) is 2.13. The topological polar surface area (TPSA) is 110 Å². The first-order chi connectivity index (χ1) is 9.10. The zero-order valence-corrected chi connectivity index (χ0v) is 10.8. The summed E-state index contributed by atoms with van der Waals surface area (Å²) in [6.45, 7) is 2.49. The van der Waals surface area contributed by atoms with E-state index in [1.807, 2.05) is 6.92 Å². The van der Waals surface area contributed by atoms with Crippen LogP contribution in [0.4, 0.5) is 0 Å². The summed E-state index contributed by atoms with van der Waals surface area (Å²) in [5.74, 6) is -0.339. The molecule has 2 amide bonds. The Balaban J connectivity index is 1.76. The van der Waals surface area contributed by atoms with Crippen LogP contribution in [0.15, 0.2) is 6.07 Å². The number of carbonyl (C=O) groups is 2. The number of nitrogens with two attached hydrogens (primary N) is 1. The van der Waals surface area contributed by atoms with Crippen molar-refractivity contribution >= 4 is 11.8 Å². The summed E-state index contributed by atoms with van der Waals surface area (Å²) < 4.78 is 5.03. The van der Waals surface area contributed by atoms with Crippen molar-refractivity contribution in [1.82, 2.24) is 15.5 Å². The molecule has 1 aliphatic rings. The van der Waals surface area contributed by atoms with Crippen LogP contribution in [-0.4, -0.2) is 41.3 Å². The molecule has 19 heavy (non-hydrogen) atoms. The minimum Gasteiger partial charge on any atom is -0.372 e. The molecule has 2 rings (SSSR count). The molecule has 1 aliphatic carbocycles. The maximum atomic E-state index is 11.4. The molecule has 7 nitrogen and oxygen atoms in total. The fourth-order valence-electron chi connectivity index (χ4n) is 2.13. The van der Waals surface area contributed by atoms with Gasteiger partial charge in [-0.05, 0) is 25.8 Å². The summed E-state index contributed by atoms with van der Waals surface area (Å²) in [7, 11) is 0. The smallest absolute Gasteiger partial charge is 0.269 e. The SMILES string of the molecule is CCOCC(=O)NC1CC(c2cc(C(N)=O)n[nH]2)C1. The number of hydrogen-bond donors (Lipinski definition) is 3. The van der Waals surface area contributed by atoms with Gasteiger partial charge in [-0.15, -0.1) is 0 Å². The first-order valence-electron chi connectivity index (χ1n) is 6.32. The fraction of sp³-hybridized carbons (Fsp3) is 0.583. The molecule has 1 aromatic rings. The number of amides is 2. The molecule has 4 N–H and O–H groups in total. The third-order valence-corrected chi connectivity index (χ3v) is 3.23. The Bertz CT molecular complexity index is 465. The zero-order chi connectivity index (χ0) is 13.8. The Hall–Kier alpha value is -1.89. The largest absolute Gasteiger partial charge is 0.372 e. The van der Waals surface area contributed by atoms with Gasteiger partial charge in [-0.3, -0.25) is 14.7 Å². The number of H-pyrrole nitrogens is 1. The molecule has 1 heterocycles. The third kappa shape index (κ3) is 3.31. The highest BCUT2D eigenvalue weighted by Gasteiger charge is 2.32. The lowest BCUT2D eigenvalue weighted by Crippen LogP contribution is -2.44. The van der Waals surface area contributed by atoms with Crippen LogP contribution in [-0.2, 0) is 9.53 Å². The van der Waals surface area contributed by atoms with E-state index < -0.39 is 5.91 Å². The number of aromatic amines is 1. The van der Waals surface area contributed by atoms with Crippen molar-refractivity contribution in [3.05, 3.63) is 17.5 Å². The molecule has 7 heteroatoms. The van der Waals surface area contributed by atoms with Crippen LogP contribution < -0.4 is 11.1 Å². The minimum absolute atomic E-state index is 0.0901. The summed E-state index contributed by atoms with van der Waals surface area (Å²) in [5.41, 5.74) is 6.28. The maximum absolute atomic E-state index is 11.4. The Morgan fingerprint density at radius 2 is 2.32 bits per heavy atom. The second kappa shape index (κ2) is 5.83. The van der Waals surface area contributed by atoms with Gasteiger partial charge in [0, 0.05) is 24.3 Å². The first kappa shape index (κ1) is 13.5. The number of hydrogen-bond acceptors (Lipinski definition) is 4. The van der Waals surface area contributed by atoms with Crippen molar-refractivity contribution < 1.29 is 14.3 Å². The number of primary amides is 1. The zero-order valence-electron chi connectivity index (χ0n) is 10.8. The van der Waals surface area contributed by atoms with Crippen molar-refractivity contribution in [3.8, 4) is 0 Å². The lowest BCUT2D eigenvalue weighted by atomic mass is 9.78. The molecule has 0 unspecified atom stereocenters. The molecular formula is C12H18N4O3. The second-order valence-electron chi connectivity index (χ2n) is 4.64. The number of rotatable bonds is 6. The van der Waals surface area contributed by atoms with E-state index >= 15 is 0 Å². The van der Waals surface area contributed by atoms with Crippen molar-refractivity contribution in [2.24, 2.45) is 5.73 Å². The normalized spacial score (nSPS) is 21.7. The Morgan fingerprint density at radius 1 is 1.58 bits per heavy atom. The Kier molecular flexibility index (Phi) is 4.16. The molecule has 0 bridgehead atoms. The van der Waals surface area contributed by atoms with E-state index in [1.54, 1.807) is 6.07 Å². The van der Waals surface area contributed by atoms with Gasteiger partial charge in [0.2, 0.25) is 5.91 Å². The monoisotopic (exact) mass is 266 g/mol. The van der Waals surface area contributed by atoms with Gasteiger partial charge in [0.05, 0.1) is 0 Å². The van der Waals surface area contributed by atoms with E-state index in [4.69, 9.17) is 10.5 Å².